The maximum atomic E-state index is 6.21. The molecule has 3 fully saturated rings. The van der Waals surface area contributed by atoms with Crippen molar-refractivity contribution in [3.05, 3.63) is 0 Å². The van der Waals surface area contributed by atoms with Crippen molar-refractivity contribution in [2.24, 2.45) is 0 Å². The molecule has 0 aliphatic carbocycles. The van der Waals surface area contributed by atoms with E-state index < -0.39 is 0 Å². The van der Waals surface area contributed by atoms with Crippen LogP contribution in [0.5, 0.6) is 0 Å². The second-order valence-corrected chi connectivity index (χ2v) is 7.31. The summed E-state index contributed by atoms with van der Waals surface area (Å²) >= 11 is 2.10. The predicted octanol–water partition coefficient (Wildman–Crippen LogP) is 1.72. The Morgan fingerprint density at radius 1 is 1.33 bits per heavy atom. The largest absolute Gasteiger partial charge is 0.375 e. The van der Waals surface area contributed by atoms with E-state index in [1.54, 1.807) is 0 Å². The lowest BCUT2D eigenvalue weighted by Crippen LogP contribution is -2.58. The van der Waals surface area contributed by atoms with Crippen LogP contribution in [-0.4, -0.2) is 60.3 Å². The Kier molecular flexibility index (Phi) is 4.18. The smallest absolute Gasteiger partial charge is 0.0713 e. The van der Waals surface area contributed by atoms with E-state index in [0.29, 0.717) is 6.04 Å². The molecule has 18 heavy (non-hydrogen) atoms. The second-order valence-electron chi connectivity index (χ2n) is 6.08. The molecule has 0 radical (unpaired) electrons. The summed E-state index contributed by atoms with van der Waals surface area (Å²) in [6, 6.07) is 1.45. The van der Waals surface area contributed by atoms with E-state index in [1.807, 2.05) is 0 Å². The van der Waals surface area contributed by atoms with Gasteiger partial charge < -0.3 is 10.1 Å². The number of ether oxygens (including phenoxy) is 1. The van der Waals surface area contributed by atoms with E-state index in [1.165, 1.54) is 43.7 Å². The van der Waals surface area contributed by atoms with Crippen LogP contribution in [0.2, 0.25) is 0 Å². The van der Waals surface area contributed by atoms with Gasteiger partial charge in [0.05, 0.1) is 5.60 Å². The second kappa shape index (κ2) is 5.70. The molecule has 3 rings (SSSR count). The van der Waals surface area contributed by atoms with Crippen LogP contribution in [0.25, 0.3) is 0 Å². The van der Waals surface area contributed by atoms with Crippen LogP contribution >= 0.6 is 11.8 Å². The lowest BCUT2D eigenvalue weighted by atomic mass is 9.84. The van der Waals surface area contributed by atoms with Gasteiger partial charge in [0.15, 0.2) is 0 Å². The number of hydrogen-bond donors (Lipinski definition) is 1. The first-order chi connectivity index (χ1) is 8.79. The van der Waals surface area contributed by atoms with Gasteiger partial charge in [-0.15, -0.1) is 0 Å². The van der Waals surface area contributed by atoms with Gasteiger partial charge in [-0.25, -0.2) is 0 Å². The molecule has 3 nitrogen and oxygen atoms in total. The molecular formula is C14H26N2OS. The number of nitrogens with zero attached hydrogens (tertiary/aromatic N) is 1. The Morgan fingerprint density at radius 2 is 2.17 bits per heavy atom. The first kappa shape index (κ1) is 13.2. The maximum Gasteiger partial charge on any atom is 0.0713 e. The highest BCUT2D eigenvalue weighted by Crippen LogP contribution is 2.39. The van der Waals surface area contributed by atoms with Crippen molar-refractivity contribution in [1.82, 2.24) is 10.2 Å². The highest BCUT2D eigenvalue weighted by atomic mass is 32.2. The van der Waals surface area contributed by atoms with E-state index in [0.717, 1.165) is 25.7 Å². The SMILES string of the molecule is C[C@H]1CNCCN1C1CCOC2(CCSCC2)C1. The molecule has 2 atom stereocenters. The average Bonchev–Trinajstić information content (AvgIpc) is 2.40. The molecule has 3 aliphatic heterocycles. The van der Waals surface area contributed by atoms with Crippen LogP contribution in [0.15, 0.2) is 0 Å². The van der Waals surface area contributed by atoms with Crippen molar-refractivity contribution in [2.75, 3.05) is 37.7 Å². The number of hydrogen-bond acceptors (Lipinski definition) is 4. The van der Waals surface area contributed by atoms with Crippen LogP contribution in [0.3, 0.4) is 0 Å². The van der Waals surface area contributed by atoms with Gasteiger partial charge >= 0.3 is 0 Å². The summed E-state index contributed by atoms with van der Waals surface area (Å²) in [4.78, 5) is 2.74. The zero-order valence-electron chi connectivity index (χ0n) is 11.5. The Balaban J connectivity index is 1.65. The summed E-state index contributed by atoms with van der Waals surface area (Å²) in [6.45, 7) is 6.87. The molecule has 0 aromatic heterocycles. The summed E-state index contributed by atoms with van der Waals surface area (Å²) in [7, 11) is 0. The molecular weight excluding hydrogens is 244 g/mol. The van der Waals surface area contributed by atoms with Crippen molar-refractivity contribution in [2.45, 2.75) is 50.3 Å². The first-order valence-corrected chi connectivity index (χ1v) is 8.63. The molecule has 0 aromatic carbocycles. The van der Waals surface area contributed by atoms with Crippen molar-refractivity contribution in [3.63, 3.8) is 0 Å². The summed E-state index contributed by atoms with van der Waals surface area (Å²) in [5.74, 6) is 2.59. The number of rotatable bonds is 1. The zero-order chi connectivity index (χ0) is 12.4. The molecule has 1 N–H and O–H groups in total. The van der Waals surface area contributed by atoms with Crippen molar-refractivity contribution >= 4 is 11.8 Å². The summed E-state index contributed by atoms with van der Waals surface area (Å²) in [6.07, 6.45) is 5.06. The Labute approximate surface area is 115 Å². The van der Waals surface area contributed by atoms with Crippen LogP contribution < -0.4 is 5.32 Å². The molecule has 104 valence electrons. The summed E-state index contributed by atoms with van der Waals surface area (Å²) < 4.78 is 6.21. The molecule has 0 bridgehead atoms. The van der Waals surface area contributed by atoms with Gasteiger partial charge in [-0.05, 0) is 44.1 Å². The predicted molar refractivity (Wildman–Crippen MR) is 77.3 cm³/mol. The van der Waals surface area contributed by atoms with E-state index in [2.05, 4.69) is 28.9 Å². The lowest BCUT2D eigenvalue weighted by Gasteiger charge is -2.49. The fraction of sp³-hybridized carbons (Fsp3) is 1.00. The molecule has 0 aromatic rings. The summed E-state index contributed by atoms with van der Waals surface area (Å²) in [5.41, 5.74) is 0.235. The van der Waals surface area contributed by atoms with Gasteiger partial charge in [-0.1, -0.05) is 0 Å². The minimum atomic E-state index is 0.235. The monoisotopic (exact) mass is 270 g/mol. The molecule has 3 heterocycles. The van der Waals surface area contributed by atoms with Crippen molar-refractivity contribution < 1.29 is 4.74 Å². The van der Waals surface area contributed by atoms with E-state index in [4.69, 9.17) is 4.74 Å². The van der Waals surface area contributed by atoms with Gasteiger partial charge in [0.25, 0.3) is 0 Å². The van der Waals surface area contributed by atoms with Crippen LogP contribution in [0.1, 0.15) is 32.6 Å². The van der Waals surface area contributed by atoms with Crippen LogP contribution in [-0.2, 0) is 4.74 Å². The molecule has 4 heteroatoms. The highest BCUT2D eigenvalue weighted by Gasteiger charge is 2.41. The molecule has 3 aliphatic rings. The minimum Gasteiger partial charge on any atom is -0.375 e. The first-order valence-electron chi connectivity index (χ1n) is 7.47. The molecule has 1 spiro atoms. The van der Waals surface area contributed by atoms with Crippen LogP contribution in [0, 0.1) is 0 Å². The highest BCUT2D eigenvalue weighted by molar-refractivity contribution is 7.99. The van der Waals surface area contributed by atoms with Crippen LogP contribution in [0.4, 0.5) is 0 Å². The quantitative estimate of drug-likeness (QED) is 0.784. The fourth-order valence-corrected chi connectivity index (χ4v) is 5.01. The van der Waals surface area contributed by atoms with Gasteiger partial charge in [0.2, 0.25) is 0 Å². The number of thioether (sulfide) groups is 1. The van der Waals surface area contributed by atoms with Crippen molar-refractivity contribution in [3.8, 4) is 0 Å². The molecule has 0 saturated carbocycles. The summed E-state index contributed by atoms with van der Waals surface area (Å²) in [5, 5.41) is 3.50. The zero-order valence-corrected chi connectivity index (χ0v) is 12.3. The average molecular weight is 270 g/mol. The van der Waals surface area contributed by atoms with Gasteiger partial charge in [0.1, 0.15) is 0 Å². The van der Waals surface area contributed by atoms with Crippen molar-refractivity contribution in [1.29, 1.82) is 0 Å². The molecule has 1 unspecified atom stereocenters. The maximum absolute atomic E-state index is 6.21. The van der Waals surface area contributed by atoms with Gasteiger partial charge in [-0.2, -0.15) is 11.8 Å². The Morgan fingerprint density at radius 3 is 2.94 bits per heavy atom. The number of nitrogens with one attached hydrogen (secondary N) is 1. The third kappa shape index (κ3) is 2.72. The van der Waals surface area contributed by atoms with E-state index in [-0.39, 0.29) is 5.60 Å². The minimum absolute atomic E-state index is 0.235. The third-order valence-corrected chi connectivity index (χ3v) is 5.88. The van der Waals surface area contributed by atoms with Gasteiger partial charge in [-0.3, -0.25) is 4.90 Å². The fourth-order valence-electron chi connectivity index (χ4n) is 3.78. The molecule has 0 amide bonds. The Bertz CT molecular complexity index is 275. The number of piperazine rings is 1. The van der Waals surface area contributed by atoms with E-state index in [9.17, 15) is 0 Å². The topological polar surface area (TPSA) is 24.5 Å². The van der Waals surface area contributed by atoms with E-state index >= 15 is 0 Å². The Hall–Kier alpha value is 0.230. The molecule has 3 saturated heterocycles. The van der Waals surface area contributed by atoms with Gasteiger partial charge in [0, 0.05) is 38.3 Å². The third-order valence-electron chi connectivity index (χ3n) is 4.89. The standard InChI is InChI=1S/C14H26N2OS/c1-12-11-15-5-6-16(12)13-2-7-17-14(10-13)3-8-18-9-4-14/h12-13,15H,2-11H2,1H3/t12-,13?/m0/s1. The normalized spacial score (nSPS) is 37.8. The lowest BCUT2D eigenvalue weighted by molar-refractivity contribution is -0.115.